The molecule has 0 saturated heterocycles. The highest BCUT2D eigenvalue weighted by atomic mass is 35.5. The third-order valence-electron chi connectivity index (χ3n) is 4.33. The largest absolute Gasteiger partial charge is 0.390 e. The second kappa shape index (κ2) is 9.30. The molecule has 1 unspecified atom stereocenters. The molecule has 1 atom stereocenters. The number of urea groups is 1. The van der Waals surface area contributed by atoms with Crippen LogP contribution in [0.2, 0.25) is 10.0 Å². The number of amides is 2. The number of nitrogens with zero attached hydrogens (tertiary/aromatic N) is 2. The lowest BCUT2D eigenvalue weighted by molar-refractivity contribution is 0.0586. The molecule has 1 heterocycles. The van der Waals surface area contributed by atoms with Crippen molar-refractivity contribution in [1.82, 2.24) is 10.2 Å². The van der Waals surface area contributed by atoms with Gasteiger partial charge in [-0.05, 0) is 31.5 Å². The molecule has 1 aliphatic rings. The molecule has 2 aromatic carbocycles. The van der Waals surface area contributed by atoms with E-state index in [9.17, 15) is 4.79 Å². The second-order valence-corrected chi connectivity index (χ2v) is 7.88. The SMILES string of the molecule is CC(C)NC(=O)N(Cc1ccccc1)CC1CC(c2ccc(Cl)c(Cl)c2)=NO1. The Morgan fingerprint density at radius 1 is 1.21 bits per heavy atom. The van der Waals surface area contributed by atoms with Crippen molar-refractivity contribution in [3.05, 3.63) is 69.7 Å². The molecule has 0 bridgehead atoms. The Bertz CT molecular complexity index is 856. The Hall–Kier alpha value is -2.24. The first-order chi connectivity index (χ1) is 13.4. The number of carbonyl (C=O) groups is 1. The van der Waals surface area contributed by atoms with Gasteiger partial charge in [-0.1, -0.05) is 64.8 Å². The standard InChI is InChI=1S/C21H23Cl2N3O2/c1-14(2)24-21(27)26(12-15-6-4-3-5-7-15)13-17-11-20(25-28-17)16-8-9-18(22)19(23)10-16/h3-10,14,17H,11-13H2,1-2H3,(H,24,27). The van der Waals surface area contributed by atoms with Crippen LogP contribution in [0.25, 0.3) is 0 Å². The molecule has 5 nitrogen and oxygen atoms in total. The molecule has 0 aromatic heterocycles. The Labute approximate surface area is 175 Å². The Morgan fingerprint density at radius 3 is 2.64 bits per heavy atom. The fraction of sp³-hybridized carbons (Fsp3) is 0.333. The van der Waals surface area contributed by atoms with Crippen LogP contribution in [0.15, 0.2) is 53.7 Å². The van der Waals surface area contributed by atoms with Crippen LogP contribution in [0.4, 0.5) is 4.79 Å². The number of oxime groups is 1. The molecule has 0 radical (unpaired) electrons. The molecule has 0 aliphatic carbocycles. The van der Waals surface area contributed by atoms with Crippen LogP contribution in [0.3, 0.4) is 0 Å². The van der Waals surface area contributed by atoms with Crippen LogP contribution in [-0.2, 0) is 11.4 Å². The van der Waals surface area contributed by atoms with Crippen LogP contribution >= 0.6 is 23.2 Å². The minimum Gasteiger partial charge on any atom is -0.390 e. The third kappa shape index (κ3) is 5.40. The molecule has 0 fully saturated rings. The molecule has 7 heteroatoms. The van der Waals surface area contributed by atoms with Gasteiger partial charge in [-0.2, -0.15) is 0 Å². The summed E-state index contributed by atoms with van der Waals surface area (Å²) < 4.78 is 0. The van der Waals surface area contributed by atoms with Crippen molar-refractivity contribution in [1.29, 1.82) is 0 Å². The van der Waals surface area contributed by atoms with Crippen LogP contribution in [0.5, 0.6) is 0 Å². The summed E-state index contributed by atoms with van der Waals surface area (Å²) in [5.74, 6) is 0. The predicted molar refractivity (Wildman–Crippen MR) is 113 cm³/mol. The van der Waals surface area contributed by atoms with Crippen molar-refractivity contribution in [3.63, 3.8) is 0 Å². The average Bonchev–Trinajstić information content (AvgIpc) is 3.12. The fourth-order valence-electron chi connectivity index (χ4n) is 2.98. The van der Waals surface area contributed by atoms with Gasteiger partial charge in [-0.25, -0.2) is 4.79 Å². The molecule has 3 rings (SSSR count). The molecule has 0 spiro atoms. The first-order valence-corrected chi connectivity index (χ1v) is 9.95. The molecule has 0 saturated carbocycles. The van der Waals surface area contributed by atoms with Gasteiger partial charge in [-0.15, -0.1) is 0 Å². The number of carbonyl (C=O) groups excluding carboxylic acids is 1. The van der Waals surface area contributed by atoms with Crippen molar-refractivity contribution in [2.75, 3.05) is 6.54 Å². The normalized spacial score (nSPS) is 15.9. The molecule has 28 heavy (non-hydrogen) atoms. The van der Waals surface area contributed by atoms with Crippen molar-refractivity contribution in [3.8, 4) is 0 Å². The van der Waals surface area contributed by atoms with Crippen molar-refractivity contribution in [2.45, 2.75) is 39.0 Å². The van der Waals surface area contributed by atoms with Gasteiger partial charge in [0.15, 0.2) is 6.10 Å². The summed E-state index contributed by atoms with van der Waals surface area (Å²) in [5, 5.41) is 8.13. The minimum absolute atomic E-state index is 0.0540. The highest BCUT2D eigenvalue weighted by Gasteiger charge is 2.27. The van der Waals surface area contributed by atoms with E-state index in [0.29, 0.717) is 29.6 Å². The molecule has 2 aromatic rings. The quantitative estimate of drug-likeness (QED) is 0.707. The molecule has 1 aliphatic heterocycles. The molecule has 148 valence electrons. The average molecular weight is 420 g/mol. The minimum atomic E-state index is -0.217. The first-order valence-electron chi connectivity index (χ1n) is 9.20. The number of halogens is 2. The van der Waals surface area contributed by atoms with E-state index in [1.807, 2.05) is 50.2 Å². The maximum atomic E-state index is 12.7. The van der Waals surface area contributed by atoms with Gasteiger partial charge in [0.05, 0.1) is 22.3 Å². The number of hydrogen-bond acceptors (Lipinski definition) is 3. The van der Waals surface area contributed by atoms with E-state index in [0.717, 1.165) is 16.8 Å². The van der Waals surface area contributed by atoms with Crippen molar-refractivity contribution >= 4 is 34.9 Å². The summed E-state index contributed by atoms with van der Waals surface area (Å²) in [6.45, 7) is 4.81. The van der Waals surface area contributed by atoms with E-state index < -0.39 is 0 Å². The van der Waals surface area contributed by atoms with Gasteiger partial charge in [-0.3, -0.25) is 0 Å². The lowest BCUT2D eigenvalue weighted by Gasteiger charge is -2.26. The van der Waals surface area contributed by atoms with E-state index in [2.05, 4.69) is 10.5 Å². The smallest absolute Gasteiger partial charge is 0.318 e. The highest BCUT2D eigenvalue weighted by molar-refractivity contribution is 6.42. The lowest BCUT2D eigenvalue weighted by atomic mass is 10.0. The van der Waals surface area contributed by atoms with Crippen molar-refractivity contribution in [2.24, 2.45) is 5.16 Å². The van der Waals surface area contributed by atoms with Gasteiger partial charge in [0.25, 0.3) is 0 Å². The van der Waals surface area contributed by atoms with Crippen molar-refractivity contribution < 1.29 is 9.63 Å². The molecular formula is C21H23Cl2N3O2. The monoisotopic (exact) mass is 419 g/mol. The van der Waals surface area contributed by atoms with E-state index in [1.54, 1.807) is 17.0 Å². The van der Waals surface area contributed by atoms with Gasteiger partial charge >= 0.3 is 6.03 Å². The number of benzene rings is 2. The first kappa shape index (κ1) is 20.5. The zero-order chi connectivity index (χ0) is 20.1. The van der Waals surface area contributed by atoms with E-state index in [-0.39, 0.29) is 18.2 Å². The Morgan fingerprint density at radius 2 is 1.96 bits per heavy atom. The zero-order valence-corrected chi connectivity index (χ0v) is 17.4. The summed E-state index contributed by atoms with van der Waals surface area (Å²) in [6.07, 6.45) is 0.379. The number of hydrogen-bond donors (Lipinski definition) is 1. The molecular weight excluding hydrogens is 397 g/mol. The van der Waals surface area contributed by atoms with Gasteiger partial charge < -0.3 is 15.1 Å². The maximum absolute atomic E-state index is 12.7. The van der Waals surface area contributed by atoms with E-state index >= 15 is 0 Å². The van der Waals surface area contributed by atoms with Gasteiger partial charge in [0.1, 0.15) is 0 Å². The third-order valence-corrected chi connectivity index (χ3v) is 5.06. The predicted octanol–water partition coefficient (Wildman–Crippen LogP) is 5.11. The number of rotatable bonds is 6. The molecule has 1 N–H and O–H groups in total. The van der Waals surface area contributed by atoms with Crippen LogP contribution < -0.4 is 5.32 Å². The van der Waals surface area contributed by atoms with Crippen LogP contribution in [-0.4, -0.2) is 35.3 Å². The Balaban J connectivity index is 1.67. The van der Waals surface area contributed by atoms with Crippen LogP contribution in [0, 0.1) is 0 Å². The summed E-state index contributed by atoms with van der Waals surface area (Å²) in [6, 6.07) is 15.2. The van der Waals surface area contributed by atoms with Gasteiger partial charge in [0.2, 0.25) is 0 Å². The zero-order valence-electron chi connectivity index (χ0n) is 15.9. The topological polar surface area (TPSA) is 53.9 Å². The maximum Gasteiger partial charge on any atom is 0.318 e. The summed E-state index contributed by atoms with van der Waals surface area (Å²) in [4.78, 5) is 20.0. The van der Waals surface area contributed by atoms with Crippen LogP contribution in [0.1, 0.15) is 31.4 Å². The second-order valence-electron chi connectivity index (χ2n) is 7.07. The fourth-order valence-corrected chi connectivity index (χ4v) is 3.28. The lowest BCUT2D eigenvalue weighted by Crippen LogP contribution is -2.45. The van der Waals surface area contributed by atoms with Gasteiger partial charge in [0, 0.05) is 24.6 Å². The summed E-state index contributed by atoms with van der Waals surface area (Å²) >= 11 is 12.1. The number of nitrogens with one attached hydrogen (secondary N) is 1. The van der Waals surface area contributed by atoms with E-state index in [4.69, 9.17) is 28.0 Å². The highest BCUT2D eigenvalue weighted by Crippen LogP contribution is 2.26. The summed E-state index contributed by atoms with van der Waals surface area (Å²) in [5.41, 5.74) is 2.73. The summed E-state index contributed by atoms with van der Waals surface area (Å²) in [7, 11) is 0. The Kier molecular flexibility index (Phi) is 6.81. The van der Waals surface area contributed by atoms with E-state index in [1.165, 1.54) is 0 Å². The molecule has 2 amide bonds.